The van der Waals surface area contributed by atoms with Gasteiger partial charge in [0, 0.05) is 19.6 Å². The lowest BCUT2D eigenvalue weighted by atomic mass is 10.1. The van der Waals surface area contributed by atoms with Crippen LogP contribution in [0.3, 0.4) is 0 Å². The highest BCUT2D eigenvalue weighted by molar-refractivity contribution is 5.46. The molecule has 2 fully saturated rings. The van der Waals surface area contributed by atoms with E-state index in [-0.39, 0.29) is 12.1 Å². The number of hydrogen-bond acceptors (Lipinski definition) is 7. The molecule has 0 radical (unpaired) electrons. The van der Waals surface area contributed by atoms with Crippen LogP contribution in [-0.2, 0) is 0 Å². The first-order chi connectivity index (χ1) is 10.2. The number of aromatic nitrogens is 3. The van der Waals surface area contributed by atoms with Crippen LogP contribution in [0, 0.1) is 0 Å². The normalized spacial score (nSPS) is 20.2. The van der Waals surface area contributed by atoms with Gasteiger partial charge in [-0.2, -0.15) is 15.0 Å². The molecule has 0 spiro atoms. The Balaban J connectivity index is 1.82. The molecule has 116 valence electrons. The molecule has 3 N–H and O–H groups in total. The zero-order valence-corrected chi connectivity index (χ0v) is 12.6. The van der Waals surface area contributed by atoms with E-state index < -0.39 is 0 Å². The number of nitrogens with one attached hydrogen (secondary N) is 2. The predicted molar refractivity (Wildman–Crippen MR) is 82.7 cm³/mol. The van der Waals surface area contributed by atoms with E-state index in [1.807, 2.05) is 6.92 Å². The molecular weight excluding hydrogens is 268 g/mol. The van der Waals surface area contributed by atoms with E-state index in [9.17, 15) is 5.11 Å². The van der Waals surface area contributed by atoms with Gasteiger partial charge in [-0.3, -0.25) is 0 Å². The summed E-state index contributed by atoms with van der Waals surface area (Å²) in [5.74, 6) is 1.90. The van der Waals surface area contributed by atoms with Gasteiger partial charge in [-0.15, -0.1) is 0 Å². The summed E-state index contributed by atoms with van der Waals surface area (Å²) in [6.07, 6.45) is 5.58. The molecule has 1 aromatic heterocycles. The standard InChI is InChI=1S/C14H24N6O/c1-2-15-11-16-12(19-14(10-21)6-7-14)18-13(17-11)20-8-4-3-5-9-20/h21H,2-10H2,1H3,(H2,15,16,17,18,19). The molecule has 7 heteroatoms. The predicted octanol–water partition coefficient (Wildman–Crippen LogP) is 1.23. The van der Waals surface area contributed by atoms with Gasteiger partial charge in [0.25, 0.3) is 0 Å². The van der Waals surface area contributed by atoms with Gasteiger partial charge in [-0.1, -0.05) is 0 Å². The smallest absolute Gasteiger partial charge is 0.231 e. The van der Waals surface area contributed by atoms with E-state index >= 15 is 0 Å². The second-order valence-electron chi connectivity index (χ2n) is 5.92. The van der Waals surface area contributed by atoms with Crippen molar-refractivity contribution in [2.45, 2.75) is 44.6 Å². The Hall–Kier alpha value is -1.63. The fourth-order valence-corrected chi connectivity index (χ4v) is 2.60. The number of hydrogen-bond donors (Lipinski definition) is 3. The minimum Gasteiger partial charge on any atom is -0.394 e. The SMILES string of the molecule is CCNc1nc(NC2(CO)CC2)nc(N2CCCCC2)n1. The summed E-state index contributed by atoms with van der Waals surface area (Å²) in [5, 5.41) is 15.9. The molecule has 2 heterocycles. The lowest BCUT2D eigenvalue weighted by Crippen LogP contribution is -2.32. The number of aliphatic hydroxyl groups excluding tert-OH is 1. The van der Waals surface area contributed by atoms with Crippen molar-refractivity contribution in [3.8, 4) is 0 Å². The average molecular weight is 292 g/mol. The molecule has 0 atom stereocenters. The number of nitrogens with zero attached hydrogens (tertiary/aromatic N) is 4. The van der Waals surface area contributed by atoms with Crippen molar-refractivity contribution in [2.24, 2.45) is 0 Å². The van der Waals surface area contributed by atoms with Crippen LogP contribution in [0.4, 0.5) is 17.8 Å². The van der Waals surface area contributed by atoms with Gasteiger partial charge in [-0.25, -0.2) is 0 Å². The van der Waals surface area contributed by atoms with Gasteiger partial charge in [-0.05, 0) is 39.0 Å². The lowest BCUT2D eigenvalue weighted by molar-refractivity contribution is 0.265. The van der Waals surface area contributed by atoms with E-state index in [1.54, 1.807) is 0 Å². The minimum absolute atomic E-state index is 0.119. The summed E-state index contributed by atoms with van der Waals surface area (Å²) >= 11 is 0. The third-order valence-corrected chi connectivity index (χ3v) is 4.13. The van der Waals surface area contributed by atoms with Gasteiger partial charge >= 0.3 is 0 Å². The minimum atomic E-state index is -0.218. The fourth-order valence-electron chi connectivity index (χ4n) is 2.60. The topological polar surface area (TPSA) is 86.2 Å². The first-order valence-corrected chi connectivity index (χ1v) is 7.89. The Morgan fingerprint density at radius 1 is 1.10 bits per heavy atom. The van der Waals surface area contributed by atoms with Crippen molar-refractivity contribution in [1.29, 1.82) is 0 Å². The molecule has 7 nitrogen and oxygen atoms in total. The van der Waals surface area contributed by atoms with E-state index in [1.165, 1.54) is 19.3 Å². The van der Waals surface area contributed by atoms with Crippen molar-refractivity contribution >= 4 is 17.8 Å². The van der Waals surface area contributed by atoms with Crippen molar-refractivity contribution in [1.82, 2.24) is 15.0 Å². The molecule has 0 amide bonds. The number of aliphatic hydroxyl groups is 1. The summed E-state index contributed by atoms with van der Waals surface area (Å²) in [6.45, 7) is 4.91. The van der Waals surface area contributed by atoms with Gasteiger partial charge in [0.1, 0.15) is 0 Å². The van der Waals surface area contributed by atoms with Crippen LogP contribution in [0.5, 0.6) is 0 Å². The second kappa shape index (κ2) is 6.01. The first kappa shape index (κ1) is 14.3. The van der Waals surface area contributed by atoms with Crippen LogP contribution in [0.25, 0.3) is 0 Å². The molecule has 0 bridgehead atoms. The summed E-state index contributed by atoms with van der Waals surface area (Å²) in [7, 11) is 0. The molecule has 1 saturated carbocycles. The first-order valence-electron chi connectivity index (χ1n) is 7.89. The maximum atomic E-state index is 9.45. The zero-order valence-electron chi connectivity index (χ0n) is 12.6. The monoisotopic (exact) mass is 292 g/mol. The largest absolute Gasteiger partial charge is 0.394 e. The highest BCUT2D eigenvalue weighted by Gasteiger charge is 2.43. The average Bonchev–Trinajstić information content (AvgIpc) is 3.28. The quantitative estimate of drug-likeness (QED) is 0.727. The van der Waals surface area contributed by atoms with Gasteiger partial charge in [0.05, 0.1) is 12.1 Å². The molecule has 3 rings (SSSR count). The van der Waals surface area contributed by atoms with Crippen molar-refractivity contribution in [2.75, 3.05) is 41.8 Å². The lowest BCUT2D eigenvalue weighted by Gasteiger charge is -2.27. The highest BCUT2D eigenvalue weighted by atomic mass is 16.3. The summed E-state index contributed by atoms with van der Waals surface area (Å²) in [5.41, 5.74) is -0.218. The molecule has 1 aromatic rings. The van der Waals surface area contributed by atoms with Crippen molar-refractivity contribution in [3.05, 3.63) is 0 Å². The van der Waals surface area contributed by atoms with Crippen LogP contribution in [-0.4, -0.2) is 51.8 Å². The van der Waals surface area contributed by atoms with Gasteiger partial charge < -0.3 is 20.6 Å². The van der Waals surface area contributed by atoms with Crippen molar-refractivity contribution < 1.29 is 5.11 Å². The van der Waals surface area contributed by atoms with E-state index in [4.69, 9.17) is 0 Å². The van der Waals surface area contributed by atoms with Crippen LogP contribution < -0.4 is 15.5 Å². The Labute approximate surface area is 125 Å². The Morgan fingerprint density at radius 3 is 2.43 bits per heavy atom. The Bertz CT molecular complexity index is 484. The Kier molecular flexibility index (Phi) is 4.10. The number of rotatable bonds is 6. The molecule has 2 aliphatic rings. The zero-order chi connectivity index (χ0) is 14.7. The van der Waals surface area contributed by atoms with Crippen LogP contribution in [0.15, 0.2) is 0 Å². The molecule has 0 aromatic carbocycles. The summed E-state index contributed by atoms with van der Waals surface area (Å²) in [4.78, 5) is 15.7. The molecule has 1 aliphatic carbocycles. The van der Waals surface area contributed by atoms with Crippen LogP contribution >= 0.6 is 0 Å². The van der Waals surface area contributed by atoms with Crippen LogP contribution in [0.2, 0.25) is 0 Å². The Morgan fingerprint density at radius 2 is 1.81 bits per heavy atom. The van der Waals surface area contributed by atoms with E-state index in [0.29, 0.717) is 11.9 Å². The number of anilines is 3. The maximum Gasteiger partial charge on any atom is 0.231 e. The number of piperidine rings is 1. The van der Waals surface area contributed by atoms with Gasteiger partial charge in [0.15, 0.2) is 0 Å². The highest BCUT2D eigenvalue weighted by Crippen LogP contribution is 2.37. The van der Waals surface area contributed by atoms with Gasteiger partial charge in [0.2, 0.25) is 17.8 Å². The molecule has 1 saturated heterocycles. The maximum absolute atomic E-state index is 9.45. The van der Waals surface area contributed by atoms with E-state index in [0.717, 1.165) is 38.4 Å². The third-order valence-electron chi connectivity index (χ3n) is 4.13. The van der Waals surface area contributed by atoms with Crippen molar-refractivity contribution in [3.63, 3.8) is 0 Å². The third kappa shape index (κ3) is 3.34. The molecule has 0 unspecified atom stereocenters. The van der Waals surface area contributed by atoms with Crippen LogP contribution in [0.1, 0.15) is 39.0 Å². The summed E-state index contributed by atoms with van der Waals surface area (Å²) in [6, 6.07) is 0. The molecule has 1 aliphatic heterocycles. The second-order valence-corrected chi connectivity index (χ2v) is 5.92. The summed E-state index contributed by atoms with van der Waals surface area (Å²) < 4.78 is 0. The molecular formula is C14H24N6O. The fraction of sp³-hybridized carbons (Fsp3) is 0.786. The van der Waals surface area contributed by atoms with E-state index in [2.05, 4.69) is 30.5 Å². The molecule has 21 heavy (non-hydrogen) atoms.